The minimum absolute atomic E-state index is 0.0844. The standard InChI is InChI=1S/C32H34O4S/c1-21-13-28(37(26-9-5-3-6-10-26)27-11-7-4-8-12-27)14-22(2)31(21)35-20-29(33)36-32-17-23-15-24(18-32)30(34)25(16-23)19-32/h3-14,23-25,37H,15-20H2,1-2H3. The van der Waals surface area contributed by atoms with Crippen LogP contribution in [0.25, 0.3) is 0 Å². The van der Waals surface area contributed by atoms with Crippen molar-refractivity contribution < 1.29 is 19.1 Å². The fourth-order valence-electron chi connectivity index (χ4n) is 7.09. The second-order valence-electron chi connectivity index (χ2n) is 11.1. The molecule has 2 atom stereocenters. The first-order valence-electron chi connectivity index (χ1n) is 13.3. The van der Waals surface area contributed by atoms with E-state index in [2.05, 4.69) is 72.8 Å². The van der Waals surface area contributed by atoms with Crippen LogP contribution in [0.4, 0.5) is 0 Å². The van der Waals surface area contributed by atoms with E-state index < -0.39 is 16.5 Å². The Kier molecular flexibility index (Phi) is 6.36. The van der Waals surface area contributed by atoms with Gasteiger partial charge in [-0.2, -0.15) is 10.9 Å². The maximum absolute atomic E-state index is 12.9. The van der Waals surface area contributed by atoms with Crippen LogP contribution in [-0.2, 0) is 14.3 Å². The summed E-state index contributed by atoms with van der Waals surface area (Å²) in [6, 6.07) is 25.7. The molecule has 0 N–H and O–H groups in total. The molecule has 3 aromatic carbocycles. The number of carbonyl (C=O) groups is 2. The number of esters is 1. The number of Topliss-reactive ketones (excluding diaryl/α,β-unsaturated/α-hetero) is 1. The highest BCUT2D eigenvalue weighted by molar-refractivity contribution is 8.17. The van der Waals surface area contributed by atoms with Gasteiger partial charge >= 0.3 is 5.97 Å². The molecule has 4 nitrogen and oxygen atoms in total. The van der Waals surface area contributed by atoms with Crippen LogP contribution in [0.3, 0.4) is 0 Å². The Morgan fingerprint density at radius 3 is 1.92 bits per heavy atom. The molecule has 0 aromatic heterocycles. The lowest BCUT2D eigenvalue weighted by atomic mass is 9.53. The zero-order chi connectivity index (χ0) is 25.6. The van der Waals surface area contributed by atoms with Gasteiger partial charge in [0.25, 0.3) is 0 Å². The topological polar surface area (TPSA) is 52.6 Å². The molecule has 2 unspecified atom stereocenters. The zero-order valence-electron chi connectivity index (χ0n) is 21.5. The van der Waals surface area contributed by atoms with E-state index in [9.17, 15) is 9.59 Å². The number of carbonyl (C=O) groups excluding carboxylic acids is 2. The molecule has 4 fully saturated rings. The van der Waals surface area contributed by atoms with Gasteiger partial charge in [-0.25, -0.2) is 4.79 Å². The van der Waals surface area contributed by atoms with Gasteiger partial charge in [0.05, 0.1) is 0 Å². The summed E-state index contributed by atoms with van der Waals surface area (Å²) in [4.78, 5) is 29.3. The SMILES string of the molecule is Cc1cc([SH](c2ccccc2)c2ccccc2)cc(C)c1OCC(=O)OC12CC3CC(C1)C(=O)C(C3)C2. The van der Waals surface area contributed by atoms with Crippen molar-refractivity contribution in [1.29, 1.82) is 0 Å². The smallest absolute Gasteiger partial charge is 0.344 e. The molecule has 0 saturated heterocycles. The molecular formula is C32H34O4S. The Morgan fingerprint density at radius 2 is 1.38 bits per heavy atom. The molecule has 7 rings (SSSR count). The first-order chi connectivity index (χ1) is 17.9. The second-order valence-corrected chi connectivity index (χ2v) is 13.3. The zero-order valence-corrected chi connectivity index (χ0v) is 22.4. The van der Waals surface area contributed by atoms with Crippen molar-refractivity contribution in [2.45, 2.75) is 66.2 Å². The van der Waals surface area contributed by atoms with Crippen LogP contribution in [0, 0.1) is 31.6 Å². The van der Waals surface area contributed by atoms with Crippen molar-refractivity contribution in [3.63, 3.8) is 0 Å². The number of hydrogen-bond acceptors (Lipinski definition) is 4. The molecule has 4 aliphatic carbocycles. The van der Waals surface area contributed by atoms with E-state index in [0.29, 0.717) is 24.5 Å². The van der Waals surface area contributed by atoms with E-state index in [1.54, 1.807) is 0 Å². The van der Waals surface area contributed by atoms with Crippen LogP contribution in [0.2, 0.25) is 0 Å². The largest absolute Gasteiger partial charge is 0.481 e. The Morgan fingerprint density at radius 1 is 0.838 bits per heavy atom. The molecule has 0 heterocycles. The fourth-order valence-corrected chi connectivity index (χ4v) is 9.57. The molecule has 4 aliphatic rings. The molecule has 37 heavy (non-hydrogen) atoms. The van der Waals surface area contributed by atoms with E-state index in [1.165, 1.54) is 14.7 Å². The van der Waals surface area contributed by atoms with Gasteiger partial charge in [-0.1, -0.05) is 36.4 Å². The summed E-state index contributed by atoms with van der Waals surface area (Å²) in [7, 11) is -0.710. The number of aryl methyl sites for hydroxylation is 2. The van der Waals surface area contributed by atoms with E-state index in [-0.39, 0.29) is 24.4 Å². The average molecular weight is 515 g/mol. The minimum atomic E-state index is -0.710. The second kappa shape index (κ2) is 9.68. The third-order valence-corrected chi connectivity index (χ3v) is 10.7. The van der Waals surface area contributed by atoms with Crippen molar-refractivity contribution in [1.82, 2.24) is 0 Å². The van der Waals surface area contributed by atoms with Gasteiger partial charge in [-0.15, -0.1) is 0 Å². The lowest BCUT2D eigenvalue weighted by molar-refractivity contribution is -0.190. The molecule has 0 radical (unpaired) electrons. The summed E-state index contributed by atoms with van der Waals surface area (Å²) < 4.78 is 12.1. The van der Waals surface area contributed by atoms with Crippen LogP contribution in [0.5, 0.6) is 5.75 Å². The molecule has 0 spiro atoms. The van der Waals surface area contributed by atoms with Gasteiger partial charge in [0.1, 0.15) is 17.1 Å². The van der Waals surface area contributed by atoms with Gasteiger partial charge < -0.3 is 9.47 Å². The molecule has 0 aliphatic heterocycles. The van der Waals surface area contributed by atoms with Gasteiger partial charge in [0.2, 0.25) is 0 Å². The highest BCUT2D eigenvalue weighted by atomic mass is 32.2. The Labute approximate surface area is 221 Å². The summed E-state index contributed by atoms with van der Waals surface area (Å²) in [5.41, 5.74) is 1.57. The summed E-state index contributed by atoms with van der Waals surface area (Å²) >= 11 is 0. The normalized spacial score (nSPS) is 26.2. The predicted octanol–water partition coefficient (Wildman–Crippen LogP) is 6.85. The molecule has 192 valence electrons. The van der Waals surface area contributed by atoms with Crippen molar-refractivity contribution >= 4 is 22.6 Å². The summed E-state index contributed by atoms with van der Waals surface area (Å²) in [5.74, 6) is 1.51. The number of ether oxygens (including phenoxy) is 2. The maximum atomic E-state index is 12.9. The van der Waals surface area contributed by atoms with Crippen LogP contribution < -0.4 is 4.74 Å². The van der Waals surface area contributed by atoms with Crippen molar-refractivity contribution in [2.75, 3.05) is 6.61 Å². The average Bonchev–Trinajstić information content (AvgIpc) is 2.87. The number of benzene rings is 3. The number of ketones is 1. The van der Waals surface area contributed by atoms with Crippen molar-refractivity contribution in [3.05, 3.63) is 83.9 Å². The van der Waals surface area contributed by atoms with Gasteiger partial charge in [0.15, 0.2) is 6.61 Å². The first kappa shape index (κ1) is 24.3. The maximum Gasteiger partial charge on any atom is 0.344 e. The quantitative estimate of drug-likeness (QED) is 0.277. The summed E-state index contributed by atoms with van der Waals surface area (Å²) in [6.45, 7) is 3.99. The van der Waals surface area contributed by atoms with Gasteiger partial charge in [-0.05, 0) is 114 Å². The molecule has 0 amide bonds. The highest BCUT2D eigenvalue weighted by Gasteiger charge is 2.57. The van der Waals surface area contributed by atoms with E-state index >= 15 is 0 Å². The third-order valence-electron chi connectivity index (χ3n) is 8.33. The van der Waals surface area contributed by atoms with E-state index in [0.717, 1.165) is 36.1 Å². The summed E-state index contributed by atoms with van der Waals surface area (Å²) in [6.07, 6.45) is 4.24. The minimum Gasteiger partial charge on any atom is -0.481 e. The number of hydrogen-bond donors (Lipinski definition) is 1. The first-order valence-corrected chi connectivity index (χ1v) is 14.6. The Bertz CT molecular complexity index is 1240. The Hall–Kier alpha value is -3.05. The Balaban J connectivity index is 1.19. The lowest BCUT2D eigenvalue weighted by Gasteiger charge is -2.54. The van der Waals surface area contributed by atoms with Crippen LogP contribution in [-0.4, -0.2) is 24.0 Å². The molecular weight excluding hydrogens is 480 g/mol. The van der Waals surface area contributed by atoms with Crippen LogP contribution in [0.15, 0.2) is 87.5 Å². The highest BCUT2D eigenvalue weighted by Crippen LogP contribution is 2.56. The molecule has 4 saturated carbocycles. The predicted molar refractivity (Wildman–Crippen MR) is 145 cm³/mol. The van der Waals surface area contributed by atoms with Crippen LogP contribution in [0.1, 0.15) is 43.2 Å². The summed E-state index contributed by atoms with van der Waals surface area (Å²) in [5, 5.41) is 0. The number of rotatable bonds is 7. The van der Waals surface area contributed by atoms with E-state index in [1.807, 2.05) is 13.8 Å². The van der Waals surface area contributed by atoms with Gasteiger partial charge in [-0.3, -0.25) is 4.79 Å². The molecule has 5 heteroatoms. The lowest BCUT2D eigenvalue weighted by Crippen LogP contribution is -2.57. The fraction of sp³-hybridized carbons (Fsp3) is 0.375. The van der Waals surface area contributed by atoms with Crippen molar-refractivity contribution in [2.24, 2.45) is 17.8 Å². The molecule has 4 bridgehead atoms. The van der Waals surface area contributed by atoms with Crippen LogP contribution >= 0.6 is 10.9 Å². The monoisotopic (exact) mass is 514 g/mol. The molecule has 3 aromatic rings. The number of thiol groups is 1. The van der Waals surface area contributed by atoms with E-state index in [4.69, 9.17) is 9.47 Å². The third kappa shape index (κ3) is 4.70. The van der Waals surface area contributed by atoms with Crippen molar-refractivity contribution in [3.8, 4) is 5.75 Å². The van der Waals surface area contributed by atoms with Gasteiger partial charge in [0, 0.05) is 11.8 Å².